The molecule has 0 aliphatic carbocycles. The monoisotopic (exact) mass is 628 g/mol. The lowest BCUT2D eigenvalue weighted by atomic mass is 9.94. The summed E-state index contributed by atoms with van der Waals surface area (Å²) in [5.74, 6) is 0. The van der Waals surface area contributed by atoms with Gasteiger partial charge in [0.15, 0.2) is 0 Å². The van der Waals surface area contributed by atoms with E-state index < -0.39 is 10.1 Å². The molecule has 1 N–H and O–H groups in total. The summed E-state index contributed by atoms with van der Waals surface area (Å²) < 4.78 is 33.3. The van der Waals surface area contributed by atoms with Crippen LogP contribution in [0.1, 0.15) is 192 Å². The van der Waals surface area contributed by atoms with Gasteiger partial charge in [0.05, 0.1) is 4.90 Å². The third-order valence-electron chi connectivity index (χ3n) is 9.49. The minimum absolute atomic E-state index is 0.00461. The van der Waals surface area contributed by atoms with Crippen LogP contribution >= 0.6 is 0 Å². The summed E-state index contributed by atoms with van der Waals surface area (Å²) in [6.45, 7) is 4.56. The fourth-order valence-corrected chi connectivity index (χ4v) is 7.20. The predicted octanol–water partition coefficient (Wildman–Crippen LogP) is 13.4. The van der Waals surface area contributed by atoms with Crippen molar-refractivity contribution in [2.75, 3.05) is 0 Å². The van der Waals surface area contributed by atoms with Crippen molar-refractivity contribution in [3.8, 4) is 0 Å². The molecule has 0 unspecified atom stereocenters. The van der Waals surface area contributed by atoms with Crippen LogP contribution in [0.15, 0.2) is 35.2 Å². The normalized spacial score (nSPS) is 12.0. The molecule has 0 bridgehead atoms. The minimum Gasteiger partial charge on any atom is -0.282 e. The molecule has 0 fully saturated rings. The van der Waals surface area contributed by atoms with Crippen LogP contribution in [-0.2, 0) is 23.0 Å². The molecule has 252 valence electrons. The zero-order chi connectivity index (χ0) is 31.7. The fraction of sp³-hybridized carbons (Fsp3) is 0.750. The second-order valence-electron chi connectivity index (χ2n) is 13.6. The van der Waals surface area contributed by atoms with Gasteiger partial charge in [0.1, 0.15) is 0 Å². The number of aryl methyl sites for hydroxylation is 2. The number of unbranched alkanes of at least 4 members (excludes halogenated alkanes) is 24. The van der Waals surface area contributed by atoms with E-state index in [0.29, 0.717) is 0 Å². The Bertz CT molecular complexity index is 1090. The van der Waals surface area contributed by atoms with Gasteiger partial charge in [-0.05, 0) is 59.7 Å². The second-order valence-corrected chi connectivity index (χ2v) is 15.0. The van der Waals surface area contributed by atoms with Crippen molar-refractivity contribution in [3.05, 3.63) is 41.5 Å². The van der Waals surface area contributed by atoms with E-state index in [2.05, 4.69) is 26.0 Å². The van der Waals surface area contributed by atoms with Gasteiger partial charge >= 0.3 is 0 Å². The molecule has 4 heteroatoms. The third-order valence-corrected chi connectivity index (χ3v) is 10.3. The summed E-state index contributed by atoms with van der Waals surface area (Å²) in [4.78, 5) is -0.00461. The van der Waals surface area contributed by atoms with Crippen LogP contribution in [0.4, 0.5) is 0 Å². The molecule has 0 aliphatic rings. The lowest BCUT2D eigenvalue weighted by Gasteiger charge is -2.12. The molecule has 0 aliphatic heterocycles. The molecule has 2 aromatic rings. The number of hydrogen-bond donors (Lipinski definition) is 1. The highest BCUT2D eigenvalue weighted by molar-refractivity contribution is 7.85. The molecule has 0 amide bonds. The first-order valence-electron chi connectivity index (χ1n) is 19.0. The van der Waals surface area contributed by atoms with Crippen LogP contribution in [0.3, 0.4) is 0 Å². The van der Waals surface area contributed by atoms with Gasteiger partial charge in [-0.15, -0.1) is 0 Å². The highest BCUT2D eigenvalue weighted by Gasteiger charge is 2.12. The molecule has 0 radical (unpaired) electrons. The van der Waals surface area contributed by atoms with E-state index in [0.717, 1.165) is 23.6 Å². The summed E-state index contributed by atoms with van der Waals surface area (Å²) in [7, 11) is -4.20. The molecule has 3 nitrogen and oxygen atoms in total. The lowest BCUT2D eigenvalue weighted by Crippen LogP contribution is -1.99. The van der Waals surface area contributed by atoms with E-state index in [9.17, 15) is 13.0 Å². The minimum atomic E-state index is -4.20. The first-order valence-corrected chi connectivity index (χ1v) is 20.4. The van der Waals surface area contributed by atoms with Crippen molar-refractivity contribution in [1.82, 2.24) is 0 Å². The van der Waals surface area contributed by atoms with E-state index in [1.54, 1.807) is 12.1 Å². The Balaban J connectivity index is 1.72. The fourth-order valence-electron chi connectivity index (χ4n) is 6.69. The Kier molecular flexibility index (Phi) is 21.9. The quantitative estimate of drug-likeness (QED) is 0.0720. The van der Waals surface area contributed by atoms with Crippen molar-refractivity contribution in [3.63, 3.8) is 0 Å². The van der Waals surface area contributed by atoms with Crippen molar-refractivity contribution in [1.29, 1.82) is 0 Å². The predicted molar refractivity (Wildman–Crippen MR) is 193 cm³/mol. The van der Waals surface area contributed by atoms with Crippen LogP contribution in [-0.4, -0.2) is 13.0 Å². The standard InChI is InChI=1S/C40H68O3S/c1-3-5-7-9-11-13-15-17-19-21-23-25-27-29-36-33-37(40-32-31-39(44(41,42)43)35-38(40)34-36)30-28-26-24-22-20-18-16-14-12-10-8-6-4-2/h31-35H,3-30H2,1-2H3,(H,41,42,43). The van der Waals surface area contributed by atoms with Gasteiger partial charge in [-0.1, -0.05) is 186 Å². The van der Waals surface area contributed by atoms with Gasteiger partial charge < -0.3 is 0 Å². The van der Waals surface area contributed by atoms with Crippen LogP contribution < -0.4 is 0 Å². The maximum Gasteiger partial charge on any atom is 0.294 e. The topological polar surface area (TPSA) is 54.4 Å². The summed E-state index contributed by atoms with van der Waals surface area (Å²) in [5, 5.41) is 2.07. The molecule has 2 aromatic carbocycles. The molecule has 0 atom stereocenters. The van der Waals surface area contributed by atoms with Gasteiger partial charge in [0, 0.05) is 0 Å². The molecule has 2 rings (SSSR count). The van der Waals surface area contributed by atoms with Gasteiger partial charge in [-0.3, -0.25) is 4.55 Å². The first-order chi connectivity index (χ1) is 21.5. The summed E-state index contributed by atoms with van der Waals surface area (Å²) >= 11 is 0. The van der Waals surface area contributed by atoms with Gasteiger partial charge in [-0.2, -0.15) is 8.42 Å². The molecule has 0 saturated heterocycles. The van der Waals surface area contributed by atoms with E-state index in [1.165, 1.54) is 178 Å². The largest absolute Gasteiger partial charge is 0.294 e. The first kappa shape index (κ1) is 38.8. The van der Waals surface area contributed by atoms with Gasteiger partial charge in [-0.25, -0.2) is 0 Å². The smallest absolute Gasteiger partial charge is 0.282 e. The van der Waals surface area contributed by atoms with E-state index >= 15 is 0 Å². The number of rotatable bonds is 29. The lowest BCUT2D eigenvalue weighted by molar-refractivity contribution is 0.483. The summed E-state index contributed by atoms with van der Waals surface area (Å²) in [6.07, 6.45) is 37.3. The number of hydrogen-bond acceptors (Lipinski definition) is 2. The Hall–Kier alpha value is -1.39. The van der Waals surface area contributed by atoms with Crippen molar-refractivity contribution in [2.45, 2.75) is 199 Å². The highest BCUT2D eigenvalue weighted by atomic mass is 32.2. The van der Waals surface area contributed by atoms with Crippen LogP contribution in [0, 0.1) is 0 Å². The maximum absolute atomic E-state index is 11.8. The molecule has 0 aromatic heterocycles. The zero-order valence-corrected chi connectivity index (χ0v) is 29.7. The zero-order valence-electron chi connectivity index (χ0n) is 28.9. The van der Waals surface area contributed by atoms with Crippen molar-refractivity contribution >= 4 is 20.9 Å². The Labute approximate surface area is 273 Å². The third kappa shape index (κ3) is 17.9. The second kappa shape index (κ2) is 24.8. The van der Waals surface area contributed by atoms with E-state index in [1.807, 2.05) is 6.07 Å². The Morgan fingerprint density at radius 3 is 1.27 bits per heavy atom. The van der Waals surface area contributed by atoms with Gasteiger partial charge in [0.2, 0.25) is 0 Å². The van der Waals surface area contributed by atoms with Crippen LogP contribution in [0.2, 0.25) is 0 Å². The van der Waals surface area contributed by atoms with Gasteiger partial charge in [0.25, 0.3) is 10.1 Å². The van der Waals surface area contributed by atoms with E-state index in [4.69, 9.17) is 0 Å². The molecule has 0 heterocycles. The Morgan fingerprint density at radius 2 is 0.864 bits per heavy atom. The number of fused-ring (bicyclic) bond motifs is 1. The molecular weight excluding hydrogens is 561 g/mol. The number of benzene rings is 2. The average molecular weight is 629 g/mol. The summed E-state index contributed by atoms with van der Waals surface area (Å²) in [5.41, 5.74) is 2.63. The molecule has 44 heavy (non-hydrogen) atoms. The Morgan fingerprint density at radius 1 is 0.477 bits per heavy atom. The van der Waals surface area contributed by atoms with E-state index in [-0.39, 0.29) is 4.90 Å². The SMILES string of the molecule is CCCCCCCCCCCCCCCc1cc(CCCCCCCCCCCCCCC)c2ccc(S(=O)(=O)O)cc2c1. The highest BCUT2D eigenvalue weighted by Crippen LogP contribution is 2.27. The molecule has 0 saturated carbocycles. The van der Waals surface area contributed by atoms with Crippen molar-refractivity contribution < 1.29 is 13.0 Å². The maximum atomic E-state index is 11.8. The van der Waals surface area contributed by atoms with Crippen molar-refractivity contribution in [2.24, 2.45) is 0 Å². The summed E-state index contributed by atoms with van der Waals surface area (Å²) in [6, 6.07) is 9.63. The molecule has 0 spiro atoms. The average Bonchev–Trinajstić information content (AvgIpc) is 3.01. The van der Waals surface area contributed by atoms with Crippen LogP contribution in [0.25, 0.3) is 10.8 Å². The molecular formula is C40H68O3S. The van der Waals surface area contributed by atoms with Crippen LogP contribution in [0.5, 0.6) is 0 Å².